The van der Waals surface area contributed by atoms with Gasteiger partial charge in [0.15, 0.2) is 0 Å². The van der Waals surface area contributed by atoms with Crippen LogP contribution < -0.4 is 5.73 Å². The van der Waals surface area contributed by atoms with E-state index in [0.717, 1.165) is 17.7 Å². The molecule has 2 N–H and O–H groups in total. The van der Waals surface area contributed by atoms with E-state index in [2.05, 4.69) is 22.0 Å². The van der Waals surface area contributed by atoms with Crippen molar-refractivity contribution in [2.45, 2.75) is 19.0 Å². The van der Waals surface area contributed by atoms with E-state index in [0.29, 0.717) is 30.7 Å². The summed E-state index contributed by atoms with van der Waals surface area (Å²) in [5.41, 5.74) is 7.17. The van der Waals surface area contributed by atoms with Gasteiger partial charge in [0.2, 0.25) is 0 Å². The molecular weight excluding hydrogens is 357 g/mol. The van der Waals surface area contributed by atoms with Gasteiger partial charge >= 0.3 is 6.55 Å². The predicted molar refractivity (Wildman–Crippen MR) is 95.0 cm³/mol. The fourth-order valence-electron chi connectivity index (χ4n) is 3.25. The molecule has 2 aromatic rings. The van der Waals surface area contributed by atoms with Gasteiger partial charge in [-0.15, -0.1) is 24.8 Å². The van der Waals surface area contributed by atoms with Gasteiger partial charge in [0.25, 0.3) is 0 Å². The van der Waals surface area contributed by atoms with E-state index in [9.17, 15) is 8.78 Å². The van der Waals surface area contributed by atoms with Gasteiger partial charge in [-0.1, -0.05) is 30.3 Å². The van der Waals surface area contributed by atoms with Crippen LogP contribution in [0, 0.1) is 5.92 Å². The lowest BCUT2D eigenvalue weighted by Gasteiger charge is -2.17. The number of rotatable bonds is 5. The van der Waals surface area contributed by atoms with Crippen LogP contribution in [-0.2, 0) is 6.54 Å². The van der Waals surface area contributed by atoms with Crippen molar-refractivity contribution < 1.29 is 8.78 Å². The Morgan fingerprint density at radius 3 is 2.50 bits per heavy atom. The van der Waals surface area contributed by atoms with Gasteiger partial charge in [0.1, 0.15) is 5.82 Å². The van der Waals surface area contributed by atoms with Crippen molar-refractivity contribution >= 4 is 24.8 Å². The summed E-state index contributed by atoms with van der Waals surface area (Å²) in [6.07, 6.45) is 2.75. The molecule has 0 bridgehead atoms. The number of imidazole rings is 1. The first-order valence-electron chi connectivity index (χ1n) is 7.46. The maximum atomic E-state index is 12.9. The maximum Gasteiger partial charge on any atom is 0.319 e. The van der Waals surface area contributed by atoms with Crippen LogP contribution in [0.4, 0.5) is 8.78 Å². The summed E-state index contributed by atoms with van der Waals surface area (Å²) in [6, 6.07) is 10.3. The molecule has 0 aliphatic carbocycles. The highest BCUT2D eigenvalue weighted by Gasteiger charge is 2.33. The molecule has 1 aliphatic rings. The van der Waals surface area contributed by atoms with E-state index < -0.39 is 6.55 Å². The molecule has 0 amide bonds. The Kier molecular flexibility index (Phi) is 8.09. The van der Waals surface area contributed by atoms with Gasteiger partial charge < -0.3 is 5.73 Å². The Labute approximate surface area is 152 Å². The normalized spacial score (nSPS) is 20.7. The highest BCUT2D eigenvalue weighted by Crippen LogP contribution is 2.32. The van der Waals surface area contributed by atoms with Crippen LogP contribution in [-0.4, -0.2) is 34.1 Å². The average Bonchev–Trinajstić information content (AvgIpc) is 3.15. The van der Waals surface area contributed by atoms with Crippen LogP contribution in [0.3, 0.4) is 0 Å². The SMILES string of the molecule is Cl.Cl.NC[C@@H]1CN(Cc2nccn2C(F)F)C[C@H]1c1ccccc1. The van der Waals surface area contributed by atoms with Crippen LogP contribution in [0.5, 0.6) is 0 Å². The third kappa shape index (κ3) is 4.45. The Morgan fingerprint density at radius 2 is 1.88 bits per heavy atom. The molecular formula is C16H22Cl2F2N4. The number of nitrogens with two attached hydrogens (primary N) is 1. The predicted octanol–water partition coefficient (Wildman–Crippen LogP) is 3.30. The van der Waals surface area contributed by atoms with Crippen LogP contribution in [0.1, 0.15) is 23.9 Å². The van der Waals surface area contributed by atoms with Crippen LogP contribution in [0.25, 0.3) is 0 Å². The number of hydrogen-bond acceptors (Lipinski definition) is 3. The lowest BCUT2D eigenvalue weighted by Crippen LogP contribution is -2.24. The van der Waals surface area contributed by atoms with Crippen LogP contribution in [0.2, 0.25) is 0 Å². The number of hydrogen-bond donors (Lipinski definition) is 1. The zero-order chi connectivity index (χ0) is 15.5. The second-order valence-corrected chi connectivity index (χ2v) is 5.74. The lowest BCUT2D eigenvalue weighted by molar-refractivity contribution is 0.0644. The molecule has 1 aliphatic heterocycles. The van der Waals surface area contributed by atoms with Gasteiger partial charge in [-0.25, -0.2) is 4.98 Å². The second kappa shape index (κ2) is 9.32. The summed E-state index contributed by atoms with van der Waals surface area (Å²) in [5, 5.41) is 0. The lowest BCUT2D eigenvalue weighted by atomic mass is 9.89. The van der Waals surface area contributed by atoms with Crippen molar-refractivity contribution in [2.75, 3.05) is 19.6 Å². The number of halogens is 4. The Balaban J connectivity index is 0.00000144. The largest absolute Gasteiger partial charge is 0.330 e. The Bertz CT molecular complexity index is 609. The molecule has 134 valence electrons. The van der Waals surface area contributed by atoms with E-state index in [4.69, 9.17) is 5.73 Å². The van der Waals surface area contributed by atoms with Crippen LogP contribution >= 0.6 is 24.8 Å². The summed E-state index contributed by atoms with van der Waals surface area (Å²) >= 11 is 0. The van der Waals surface area contributed by atoms with E-state index >= 15 is 0 Å². The summed E-state index contributed by atoms with van der Waals surface area (Å²) in [5.74, 6) is 1.10. The Morgan fingerprint density at radius 1 is 1.17 bits per heavy atom. The minimum atomic E-state index is -2.55. The smallest absolute Gasteiger partial charge is 0.319 e. The quantitative estimate of drug-likeness (QED) is 0.867. The van der Waals surface area contributed by atoms with Crippen molar-refractivity contribution in [1.82, 2.24) is 14.5 Å². The summed E-state index contributed by atoms with van der Waals surface area (Å²) in [4.78, 5) is 6.22. The molecule has 1 fully saturated rings. The van der Waals surface area contributed by atoms with E-state index in [1.54, 1.807) is 0 Å². The highest BCUT2D eigenvalue weighted by atomic mass is 35.5. The van der Waals surface area contributed by atoms with Crippen molar-refractivity contribution in [2.24, 2.45) is 11.7 Å². The third-order valence-electron chi connectivity index (χ3n) is 4.37. The molecule has 0 unspecified atom stereocenters. The molecule has 1 saturated heterocycles. The van der Waals surface area contributed by atoms with Crippen LogP contribution in [0.15, 0.2) is 42.7 Å². The highest BCUT2D eigenvalue weighted by molar-refractivity contribution is 5.85. The molecule has 3 rings (SSSR count). The summed E-state index contributed by atoms with van der Waals surface area (Å²) < 4.78 is 26.7. The first kappa shape index (κ1) is 20.8. The molecule has 1 aromatic heterocycles. The van der Waals surface area contributed by atoms with Crippen molar-refractivity contribution in [3.05, 3.63) is 54.1 Å². The van der Waals surface area contributed by atoms with Gasteiger partial charge in [0.05, 0.1) is 6.54 Å². The fraction of sp³-hybridized carbons (Fsp3) is 0.438. The zero-order valence-corrected chi connectivity index (χ0v) is 14.7. The summed E-state index contributed by atoms with van der Waals surface area (Å²) in [7, 11) is 0. The third-order valence-corrected chi connectivity index (χ3v) is 4.37. The minimum absolute atomic E-state index is 0. The topological polar surface area (TPSA) is 47.1 Å². The monoisotopic (exact) mass is 378 g/mol. The van der Waals surface area contributed by atoms with Crippen molar-refractivity contribution in [3.8, 4) is 0 Å². The molecule has 1 aromatic carbocycles. The first-order valence-corrected chi connectivity index (χ1v) is 7.46. The van der Waals surface area contributed by atoms with Gasteiger partial charge in [-0.05, 0) is 18.0 Å². The number of aromatic nitrogens is 2. The molecule has 0 spiro atoms. The molecule has 24 heavy (non-hydrogen) atoms. The fourth-order valence-corrected chi connectivity index (χ4v) is 3.25. The van der Waals surface area contributed by atoms with E-state index in [1.165, 1.54) is 18.0 Å². The number of benzene rings is 1. The number of alkyl halides is 2. The molecule has 0 radical (unpaired) electrons. The zero-order valence-electron chi connectivity index (χ0n) is 13.1. The average molecular weight is 379 g/mol. The minimum Gasteiger partial charge on any atom is -0.330 e. The van der Waals surface area contributed by atoms with Gasteiger partial charge in [-0.2, -0.15) is 8.78 Å². The first-order chi connectivity index (χ1) is 10.7. The van der Waals surface area contributed by atoms with Crippen molar-refractivity contribution in [1.29, 1.82) is 0 Å². The molecule has 0 saturated carbocycles. The molecule has 2 atom stereocenters. The standard InChI is InChI=1S/C16H20F2N4.2ClH/c17-16(18)22-7-6-20-15(22)11-21-9-13(8-19)14(10-21)12-4-2-1-3-5-12;;/h1-7,13-14,16H,8-11,19H2;2*1H/t13-,14+;;/m1../s1. The van der Waals surface area contributed by atoms with Gasteiger partial charge in [0, 0.05) is 31.4 Å². The van der Waals surface area contributed by atoms with Gasteiger partial charge in [-0.3, -0.25) is 9.47 Å². The molecule has 8 heteroatoms. The number of nitrogens with zero attached hydrogens (tertiary/aromatic N) is 3. The molecule has 2 heterocycles. The maximum absolute atomic E-state index is 12.9. The second-order valence-electron chi connectivity index (χ2n) is 5.74. The summed E-state index contributed by atoms with van der Waals surface area (Å²) in [6.45, 7) is 0.111. The van der Waals surface area contributed by atoms with E-state index in [-0.39, 0.29) is 24.8 Å². The van der Waals surface area contributed by atoms with Crippen molar-refractivity contribution in [3.63, 3.8) is 0 Å². The number of likely N-dealkylation sites (tertiary alicyclic amines) is 1. The van der Waals surface area contributed by atoms with E-state index in [1.807, 2.05) is 18.2 Å². The Hall–Kier alpha value is -1.21. The molecule has 4 nitrogen and oxygen atoms in total.